The van der Waals surface area contributed by atoms with Gasteiger partial charge in [0.2, 0.25) is 0 Å². The molecule has 2 aromatic carbocycles. The maximum absolute atomic E-state index is 6.36. The summed E-state index contributed by atoms with van der Waals surface area (Å²) in [5.74, 6) is 2.35. The lowest BCUT2D eigenvalue weighted by molar-refractivity contribution is -0.0637. The Kier molecular flexibility index (Phi) is 7.30. The van der Waals surface area contributed by atoms with Gasteiger partial charge in [0, 0.05) is 13.7 Å². The van der Waals surface area contributed by atoms with Crippen molar-refractivity contribution in [2.45, 2.75) is 32.5 Å². The monoisotopic (exact) mass is 359 g/mol. The van der Waals surface area contributed by atoms with Crippen LogP contribution in [0.3, 0.4) is 0 Å². The van der Waals surface area contributed by atoms with Crippen molar-refractivity contribution in [2.75, 3.05) is 26.9 Å². The third-order valence-electron chi connectivity index (χ3n) is 4.32. The van der Waals surface area contributed by atoms with Gasteiger partial charge in [0.25, 0.3) is 0 Å². The summed E-state index contributed by atoms with van der Waals surface area (Å²) in [7, 11) is 1.64. The van der Waals surface area contributed by atoms with Gasteiger partial charge in [-0.2, -0.15) is 0 Å². The van der Waals surface area contributed by atoms with Crippen molar-refractivity contribution in [2.24, 2.45) is 5.73 Å². The second kappa shape index (κ2) is 9.46. The fourth-order valence-electron chi connectivity index (χ4n) is 2.92. The van der Waals surface area contributed by atoms with Crippen LogP contribution < -0.4 is 19.9 Å². The van der Waals surface area contributed by atoms with Crippen LogP contribution in [-0.4, -0.2) is 33.0 Å². The van der Waals surface area contributed by atoms with Crippen molar-refractivity contribution in [3.63, 3.8) is 0 Å². The second-order valence-electron chi connectivity index (χ2n) is 6.03. The molecule has 0 saturated carbocycles. The Hall–Kier alpha value is -2.24. The summed E-state index contributed by atoms with van der Waals surface area (Å²) >= 11 is 0. The van der Waals surface area contributed by atoms with E-state index < -0.39 is 5.60 Å². The van der Waals surface area contributed by atoms with Crippen molar-refractivity contribution < 1.29 is 18.9 Å². The lowest BCUT2D eigenvalue weighted by Gasteiger charge is -2.37. The van der Waals surface area contributed by atoms with E-state index in [1.165, 1.54) is 0 Å². The van der Waals surface area contributed by atoms with Gasteiger partial charge in [-0.3, -0.25) is 0 Å². The smallest absolute Gasteiger partial charge is 0.158 e. The lowest BCUT2D eigenvalue weighted by Crippen LogP contribution is -2.47. The molecule has 142 valence electrons. The standard InChI is InChI=1S/C21H29NO4/c1-5-24-17-9-7-16(8-10-17)21(3,20(15-22)23-4)26-19-13-11-18(12-14-19)25-6-2/h7-14,20H,5-6,15,22H2,1-4H3. The average molecular weight is 359 g/mol. The van der Waals surface area contributed by atoms with Crippen LogP contribution in [0.25, 0.3) is 0 Å². The molecule has 0 bridgehead atoms. The number of rotatable bonds is 10. The van der Waals surface area contributed by atoms with Gasteiger partial charge < -0.3 is 24.7 Å². The molecule has 2 N–H and O–H groups in total. The Morgan fingerprint density at radius 2 is 1.31 bits per heavy atom. The molecule has 0 aliphatic rings. The van der Waals surface area contributed by atoms with Crippen LogP contribution in [-0.2, 0) is 10.3 Å². The number of nitrogens with two attached hydrogens (primary N) is 1. The first-order chi connectivity index (χ1) is 12.6. The van der Waals surface area contributed by atoms with Gasteiger partial charge in [-0.05, 0) is 62.7 Å². The molecule has 2 atom stereocenters. The molecule has 5 heteroatoms. The van der Waals surface area contributed by atoms with Gasteiger partial charge in [0.1, 0.15) is 23.4 Å². The lowest BCUT2D eigenvalue weighted by atomic mass is 9.89. The Labute approximate surface area is 156 Å². The summed E-state index contributed by atoms with van der Waals surface area (Å²) in [6.45, 7) is 7.49. The normalized spacial score (nSPS) is 14.3. The van der Waals surface area contributed by atoms with E-state index in [9.17, 15) is 0 Å². The van der Waals surface area contributed by atoms with Crippen molar-refractivity contribution >= 4 is 0 Å². The van der Waals surface area contributed by atoms with Crippen molar-refractivity contribution in [1.29, 1.82) is 0 Å². The molecule has 0 aliphatic heterocycles. The van der Waals surface area contributed by atoms with E-state index in [0.717, 1.165) is 22.8 Å². The predicted molar refractivity (Wildman–Crippen MR) is 103 cm³/mol. The molecule has 0 saturated heterocycles. The molecule has 0 radical (unpaired) electrons. The van der Waals surface area contributed by atoms with Crippen LogP contribution in [0.5, 0.6) is 17.2 Å². The first-order valence-electron chi connectivity index (χ1n) is 8.95. The number of ether oxygens (including phenoxy) is 4. The average Bonchev–Trinajstić information content (AvgIpc) is 2.65. The Morgan fingerprint density at radius 3 is 1.73 bits per heavy atom. The number of hydrogen-bond donors (Lipinski definition) is 1. The molecule has 0 aliphatic carbocycles. The summed E-state index contributed by atoms with van der Waals surface area (Å²) in [5.41, 5.74) is 6.17. The van der Waals surface area contributed by atoms with Gasteiger partial charge in [0.15, 0.2) is 5.60 Å². The zero-order chi connectivity index (χ0) is 19.0. The molecule has 0 spiro atoms. The highest BCUT2D eigenvalue weighted by Crippen LogP contribution is 2.34. The van der Waals surface area contributed by atoms with Crippen molar-refractivity contribution in [3.8, 4) is 17.2 Å². The molecule has 0 aromatic heterocycles. The van der Waals surface area contributed by atoms with Gasteiger partial charge in [-0.25, -0.2) is 0 Å². The fraction of sp³-hybridized carbons (Fsp3) is 0.429. The Balaban J connectivity index is 2.31. The summed E-state index contributed by atoms with van der Waals surface area (Å²) < 4.78 is 23.0. The minimum atomic E-state index is -0.749. The maximum atomic E-state index is 6.36. The number of benzene rings is 2. The van der Waals surface area contributed by atoms with E-state index in [1.807, 2.05) is 69.3 Å². The molecule has 0 fully saturated rings. The first-order valence-corrected chi connectivity index (χ1v) is 8.95. The zero-order valence-electron chi connectivity index (χ0n) is 16.0. The van der Waals surface area contributed by atoms with Crippen LogP contribution >= 0.6 is 0 Å². The molecule has 26 heavy (non-hydrogen) atoms. The number of hydrogen-bond acceptors (Lipinski definition) is 5. The fourth-order valence-corrected chi connectivity index (χ4v) is 2.92. The highest BCUT2D eigenvalue weighted by atomic mass is 16.5. The Bertz CT molecular complexity index is 653. The van der Waals surface area contributed by atoms with E-state index in [-0.39, 0.29) is 6.10 Å². The van der Waals surface area contributed by atoms with Crippen molar-refractivity contribution in [1.82, 2.24) is 0 Å². The molecule has 5 nitrogen and oxygen atoms in total. The summed E-state index contributed by atoms with van der Waals surface area (Å²) in [6.07, 6.45) is -0.313. The van der Waals surface area contributed by atoms with Gasteiger partial charge in [0.05, 0.1) is 13.2 Å². The summed E-state index contributed by atoms with van der Waals surface area (Å²) in [6, 6.07) is 15.4. The Morgan fingerprint density at radius 1 is 0.846 bits per heavy atom. The molecular weight excluding hydrogens is 330 g/mol. The molecule has 2 aromatic rings. The molecule has 2 unspecified atom stereocenters. The highest BCUT2D eigenvalue weighted by molar-refractivity contribution is 5.35. The van der Waals surface area contributed by atoms with Gasteiger partial charge >= 0.3 is 0 Å². The highest BCUT2D eigenvalue weighted by Gasteiger charge is 2.38. The minimum absolute atomic E-state index is 0.313. The summed E-state index contributed by atoms with van der Waals surface area (Å²) in [5, 5.41) is 0. The topological polar surface area (TPSA) is 62.9 Å². The third-order valence-corrected chi connectivity index (χ3v) is 4.32. The van der Waals surface area contributed by atoms with Crippen LogP contribution in [0, 0.1) is 0 Å². The largest absolute Gasteiger partial charge is 0.494 e. The van der Waals surface area contributed by atoms with E-state index in [1.54, 1.807) is 7.11 Å². The third kappa shape index (κ3) is 4.68. The van der Waals surface area contributed by atoms with Crippen LogP contribution in [0.4, 0.5) is 0 Å². The quantitative estimate of drug-likeness (QED) is 0.700. The van der Waals surface area contributed by atoms with E-state index in [0.29, 0.717) is 19.8 Å². The zero-order valence-corrected chi connectivity index (χ0v) is 16.0. The van der Waals surface area contributed by atoms with E-state index in [4.69, 9.17) is 24.7 Å². The van der Waals surface area contributed by atoms with Crippen LogP contribution in [0.15, 0.2) is 48.5 Å². The molecule has 0 amide bonds. The molecule has 2 rings (SSSR count). The van der Waals surface area contributed by atoms with Crippen LogP contribution in [0.1, 0.15) is 26.3 Å². The predicted octanol–water partition coefficient (Wildman–Crippen LogP) is 3.75. The van der Waals surface area contributed by atoms with E-state index >= 15 is 0 Å². The maximum Gasteiger partial charge on any atom is 0.158 e. The van der Waals surface area contributed by atoms with Gasteiger partial charge in [-0.15, -0.1) is 0 Å². The first kappa shape index (κ1) is 20.1. The number of methoxy groups -OCH3 is 1. The molecule has 0 heterocycles. The summed E-state index contributed by atoms with van der Waals surface area (Å²) in [4.78, 5) is 0. The van der Waals surface area contributed by atoms with E-state index in [2.05, 4.69) is 0 Å². The van der Waals surface area contributed by atoms with Crippen molar-refractivity contribution in [3.05, 3.63) is 54.1 Å². The van der Waals surface area contributed by atoms with Gasteiger partial charge in [-0.1, -0.05) is 12.1 Å². The molecular formula is C21H29NO4. The van der Waals surface area contributed by atoms with Crippen LogP contribution in [0.2, 0.25) is 0 Å². The second-order valence-corrected chi connectivity index (χ2v) is 6.03. The SMILES string of the molecule is CCOc1ccc(OC(C)(c2ccc(OCC)cc2)C(CN)OC)cc1. The minimum Gasteiger partial charge on any atom is -0.494 e.